The third-order valence-corrected chi connectivity index (χ3v) is 4.74. The fourth-order valence-corrected chi connectivity index (χ4v) is 3.32. The maximum atomic E-state index is 13.5. The Labute approximate surface area is 173 Å². The molecular formula is C23H34N2O4. The summed E-state index contributed by atoms with van der Waals surface area (Å²) in [6.45, 7) is 9.68. The fourth-order valence-electron chi connectivity index (χ4n) is 3.32. The van der Waals surface area contributed by atoms with Gasteiger partial charge >= 0.3 is 5.97 Å². The molecule has 6 nitrogen and oxygen atoms in total. The Morgan fingerprint density at radius 3 is 2.24 bits per heavy atom. The number of primary amides is 1. The molecule has 0 fully saturated rings. The minimum Gasteiger partial charge on any atom is -0.466 e. The quantitative estimate of drug-likeness (QED) is 0.318. The summed E-state index contributed by atoms with van der Waals surface area (Å²) in [5, 5.41) is 3.12. The van der Waals surface area contributed by atoms with Crippen molar-refractivity contribution < 1.29 is 19.1 Å². The highest BCUT2D eigenvalue weighted by Gasteiger charge is 2.48. The third-order valence-electron chi connectivity index (χ3n) is 4.74. The Kier molecular flexibility index (Phi) is 9.75. The molecule has 1 aromatic carbocycles. The van der Waals surface area contributed by atoms with E-state index in [0.717, 1.165) is 5.56 Å². The first kappa shape index (κ1) is 24.6. The van der Waals surface area contributed by atoms with Crippen LogP contribution in [0.15, 0.2) is 42.0 Å². The number of carbonyl (C=O) groups excluding carboxylic acids is 3. The van der Waals surface area contributed by atoms with Gasteiger partial charge in [0.05, 0.1) is 13.0 Å². The van der Waals surface area contributed by atoms with Crippen molar-refractivity contribution >= 4 is 17.7 Å². The number of allylic oxidation sites excluding steroid dienone is 1. The van der Waals surface area contributed by atoms with E-state index in [4.69, 9.17) is 10.5 Å². The van der Waals surface area contributed by atoms with Gasteiger partial charge < -0.3 is 10.5 Å². The largest absolute Gasteiger partial charge is 0.466 e. The average molecular weight is 403 g/mol. The van der Waals surface area contributed by atoms with E-state index in [2.05, 4.69) is 5.32 Å². The van der Waals surface area contributed by atoms with Crippen LogP contribution in [0.2, 0.25) is 0 Å². The van der Waals surface area contributed by atoms with Crippen molar-refractivity contribution in [1.29, 1.82) is 0 Å². The number of carbonyl (C=O) groups is 3. The van der Waals surface area contributed by atoms with Gasteiger partial charge in [-0.1, -0.05) is 64.1 Å². The molecule has 0 saturated carbocycles. The lowest BCUT2D eigenvalue weighted by Crippen LogP contribution is -2.65. The molecule has 0 radical (unpaired) electrons. The number of benzene rings is 1. The first-order chi connectivity index (χ1) is 13.6. The minimum absolute atomic E-state index is 0.0189. The number of rotatable bonds is 12. The summed E-state index contributed by atoms with van der Waals surface area (Å²) in [6.07, 6.45) is 2.15. The van der Waals surface area contributed by atoms with Gasteiger partial charge in [0.15, 0.2) is 11.3 Å². The molecule has 0 aliphatic heterocycles. The molecule has 29 heavy (non-hydrogen) atoms. The van der Waals surface area contributed by atoms with Crippen LogP contribution in [0.1, 0.15) is 46.6 Å². The van der Waals surface area contributed by atoms with E-state index >= 15 is 0 Å². The van der Waals surface area contributed by atoms with Crippen molar-refractivity contribution in [2.45, 2.75) is 53.0 Å². The third kappa shape index (κ3) is 6.82. The van der Waals surface area contributed by atoms with Crippen LogP contribution < -0.4 is 11.1 Å². The smallest absolute Gasteiger partial charge is 0.310 e. The van der Waals surface area contributed by atoms with Crippen molar-refractivity contribution in [2.24, 2.45) is 17.6 Å². The van der Waals surface area contributed by atoms with Gasteiger partial charge in [-0.2, -0.15) is 0 Å². The zero-order chi connectivity index (χ0) is 22.0. The molecule has 1 atom stereocenters. The molecule has 0 bridgehead atoms. The summed E-state index contributed by atoms with van der Waals surface area (Å²) in [6, 6.07) is 9.77. The molecule has 0 saturated heterocycles. The Morgan fingerprint density at radius 1 is 1.14 bits per heavy atom. The number of nitrogens with one attached hydrogen (secondary N) is 1. The molecular weight excluding hydrogens is 368 g/mol. The average Bonchev–Trinajstić information content (AvgIpc) is 2.64. The molecule has 1 rings (SSSR count). The number of hydrogen-bond donors (Lipinski definition) is 2. The van der Waals surface area contributed by atoms with Gasteiger partial charge in [0.2, 0.25) is 5.91 Å². The van der Waals surface area contributed by atoms with Crippen molar-refractivity contribution in [3.63, 3.8) is 0 Å². The molecule has 6 heteroatoms. The molecule has 0 aliphatic rings. The second-order valence-electron chi connectivity index (χ2n) is 7.74. The van der Waals surface area contributed by atoms with Crippen LogP contribution in [0.5, 0.6) is 0 Å². The van der Waals surface area contributed by atoms with E-state index in [9.17, 15) is 14.4 Å². The lowest BCUT2D eigenvalue weighted by molar-refractivity contribution is -0.144. The van der Waals surface area contributed by atoms with E-state index in [1.807, 2.05) is 44.2 Å². The summed E-state index contributed by atoms with van der Waals surface area (Å²) in [4.78, 5) is 38.1. The van der Waals surface area contributed by atoms with E-state index in [1.165, 1.54) is 0 Å². The highest BCUT2D eigenvalue weighted by molar-refractivity contribution is 6.18. The second-order valence-corrected chi connectivity index (χ2v) is 7.74. The SMILES string of the molecule is CCOC(=O)CC(=CC(C)C)C(=O)[C@@](NCCc1ccccc1)(C(N)=O)C(C)C. The molecule has 1 amide bonds. The summed E-state index contributed by atoms with van der Waals surface area (Å²) >= 11 is 0. The van der Waals surface area contributed by atoms with Crippen LogP contribution in [0, 0.1) is 11.8 Å². The molecule has 160 valence electrons. The van der Waals surface area contributed by atoms with Crippen molar-refractivity contribution in [3.8, 4) is 0 Å². The summed E-state index contributed by atoms with van der Waals surface area (Å²) in [7, 11) is 0. The normalized spacial score (nSPS) is 14.0. The van der Waals surface area contributed by atoms with Crippen LogP contribution in [0.4, 0.5) is 0 Å². The van der Waals surface area contributed by atoms with Gasteiger partial charge in [-0.05, 0) is 30.7 Å². The summed E-state index contributed by atoms with van der Waals surface area (Å²) < 4.78 is 5.01. The monoisotopic (exact) mass is 402 g/mol. The van der Waals surface area contributed by atoms with Gasteiger partial charge in [0.25, 0.3) is 0 Å². The van der Waals surface area contributed by atoms with Crippen LogP contribution in [-0.4, -0.2) is 36.4 Å². The molecule has 1 aromatic rings. The summed E-state index contributed by atoms with van der Waals surface area (Å²) in [5.74, 6) is -2.09. The second kappa shape index (κ2) is 11.5. The van der Waals surface area contributed by atoms with Crippen molar-refractivity contribution in [1.82, 2.24) is 5.32 Å². The van der Waals surface area contributed by atoms with Gasteiger partial charge in [0, 0.05) is 12.1 Å². The Hall–Kier alpha value is -2.47. The first-order valence-corrected chi connectivity index (χ1v) is 10.1. The maximum absolute atomic E-state index is 13.5. The molecule has 0 heterocycles. The Balaban J connectivity index is 3.19. The lowest BCUT2D eigenvalue weighted by Gasteiger charge is -2.35. The van der Waals surface area contributed by atoms with E-state index in [0.29, 0.717) is 13.0 Å². The first-order valence-electron chi connectivity index (χ1n) is 10.1. The van der Waals surface area contributed by atoms with E-state index in [-0.39, 0.29) is 24.5 Å². The number of ketones is 1. The summed E-state index contributed by atoms with van der Waals surface area (Å²) in [5.41, 5.74) is 5.48. The highest BCUT2D eigenvalue weighted by Crippen LogP contribution is 2.25. The van der Waals surface area contributed by atoms with Crippen LogP contribution in [0.25, 0.3) is 0 Å². The highest BCUT2D eigenvalue weighted by atomic mass is 16.5. The predicted molar refractivity (Wildman–Crippen MR) is 114 cm³/mol. The maximum Gasteiger partial charge on any atom is 0.310 e. The van der Waals surface area contributed by atoms with Crippen LogP contribution in [-0.2, 0) is 25.5 Å². The standard InChI is InChI=1S/C23H34N2O4/c1-6-29-20(26)15-19(14-16(2)3)21(27)23(17(4)5,22(24)28)25-13-12-18-10-8-7-9-11-18/h7-11,14,16-17,25H,6,12-13,15H2,1-5H3,(H2,24,28)/t23-/m1/s1. The number of esters is 1. The molecule has 0 spiro atoms. The zero-order valence-electron chi connectivity index (χ0n) is 18.2. The number of ether oxygens (including phenoxy) is 1. The number of amides is 1. The molecule has 0 aliphatic carbocycles. The Morgan fingerprint density at radius 2 is 1.76 bits per heavy atom. The topological polar surface area (TPSA) is 98.5 Å². The van der Waals surface area contributed by atoms with Crippen LogP contribution in [0.3, 0.4) is 0 Å². The predicted octanol–water partition coefficient (Wildman–Crippen LogP) is 2.80. The minimum atomic E-state index is -1.60. The lowest BCUT2D eigenvalue weighted by atomic mass is 9.77. The van der Waals surface area contributed by atoms with Gasteiger partial charge in [0.1, 0.15) is 0 Å². The number of Topliss-reactive ketones (excluding diaryl/α,β-unsaturated/α-hetero) is 1. The van der Waals surface area contributed by atoms with Crippen LogP contribution >= 0.6 is 0 Å². The van der Waals surface area contributed by atoms with Gasteiger partial charge in [-0.25, -0.2) is 0 Å². The number of hydrogen-bond acceptors (Lipinski definition) is 5. The Bertz CT molecular complexity index is 726. The van der Waals surface area contributed by atoms with E-state index < -0.39 is 29.1 Å². The molecule has 0 aromatic heterocycles. The van der Waals surface area contributed by atoms with Gasteiger partial charge in [-0.3, -0.25) is 19.7 Å². The number of nitrogens with two attached hydrogens (primary N) is 1. The molecule has 3 N–H and O–H groups in total. The van der Waals surface area contributed by atoms with Crippen molar-refractivity contribution in [3.05, 3.63) is 47.5 Å². The zero-order valence-corrected chi connectivity index (χ0v) is 18.2. The molecule has 0 unspecified atom stereocenters. The van der Waals surface area contributed by atoms with Gasteiger partial charge in [-0.15, -0.1) is 0 Å². The fraction of sp³-hybridized carbons (Fsp3) is 0.522. The van der Waals surface area contributed by atoms with E-state index in [1.54, 1.807) is 26.8 Å². The van der Waals surface area contributed by atoms with Crippen molar-refractivity contribution in [2.75, 3.05) is 13.2 Å².